The van der Waals surface area contributed by atoms with Crippen LogP contribution >= 0.6 is 0 Å². The Bertz CT molecular complexity index is 490. The van der Waals surface area contributed by atoms with Crippen LogP contribution in [-0.4, -0.2) is 0 Å². The Morgan fingerprint density at radius 2 is 2.00 bits per heavy atom. The van der Waals surface area contributed by atoms with Gasteiger partial charge in [0.25, 0.3) is 0 Å². The Morgan fingerprint density at radius 1 is 1.24 bits per heavy atom. The molecule has 1 aromatic rings. The van der Waals surface area contributed by atoms with E-state index in [1.165, 1.54) is 16.7 Å². The highest BCUT2D eigenvalue weighted by atomic mass is 14.6. The normalized spacial score (nSPS) is 14.3. The van der Waals surface area contributed by atoms with Crippen molar-refractivity contribution in [1.29, 1.82) is 0 Å². The van der Waals surface area contributed by atoms with Gasteiger partial charge in [-0.2, -0.15) is 0 Å². The summed E-state index contributed by atoms with van der Waals surface area (Å²) in [5.74, 6) is 0.496. The van der Waals surface area contributed by atoms with Crippen LogP contribution in [-0.2, 0) is 6.42 Å². The van der Waals surface area contributed by atoms with Crippen LogP contribution in [0.15, 0.2) is 53.6 Å². The van der Waals surface area contributed by atoms with Crippen molar-refractivity contribution in [3.8, 4) is 0 Å². The van der Waals surface area contributed by atoms with Crippen molar-refractivity contribution in [2.75, 3.05) is 5.73 Å². The zero-order valence-electron chi connectivity index (χ0n) is 10.4. The SMILES string of the molecule is CC(C)C1=[C+]C=CC=C1Cc1ccccc1N. The zero-order valence-corrected chi connectivity index (χ0v) is 10.4. The van der Waals surface area contributed by atoms with Crippen LogP contribution in [0, 0.1) is 12.0 Å². The van der Waals surface area contributed by atoms with Crippen molar-refractivity contribution in [3.05, 3.63) is 65.3 Å². The zero-order chi connectivity index (χ0) is 12.3. The number of nitrogens with two attached hydrogens (primary N) is 1. The van der Waals surface area contributed by atoms with E-state index in [9.17, 15) is 0 Å². The average Bonchev–Trinajstić information content (AvgIpc) is 2.32. The molecule has 2 N–H and O–H groups in total. The second-order valence-electron chi connectivity index (χ2n) is 4.64. The monoisotopic (exact) mass is 224 g/mol. The Balaban J connectivity index is 2.25. The molecule has 1 heteroatoms. The summed E-state index contributed by atoms with van der Waals surface area (Å²) in [5, 5.41) is 0. The Hall–Kier alpha value is -1.85. The summed E-state index contributed by atoms with van der Waals surface area (Å²) < 4.78 is 0. The number of benzene rings is 1. The molecule has 86 valence electrons. The van der Waals surface area contributed by atoms with E-state index >= 15 is 0 Å². The summed E-state index contributed by atoms with van der Waals surface area (Å²) in [5.41, 5.74) is 10.6. The highest BCUT2D eigenvalue weighted by molar-refractivity contribution is 5.51. The number of nitrogen functional groups attached to an aromatic ring is 1. The first kappa shape index (κ1) is 11.6. The molecule has 0 atom stereocenters. The molecule has 1 aliphatic rings. The molecule has 17 heavy (non-hydrogen) atoms. The molecule has 0 unspecified atom stereocenters. The topological polar surface area (TPSA) is 26.0 Å². The lowest BCUT2D eigenvalue weighted by atomic mass is 9.88. The third kappa shape index (κ3) is 2.64. The van der Waals surface area contributed by atoms with Crippen LogP contribution in [0.3, 0.4) is 0 Å². The summed E-state index contributed by atoms with van der Waals surface area (Å²) in [6.45, 7) is 4.40. The van der Waals surface area contributed by atoms with Gasteiger partial charge >= 0.3 is 0 Å². The van der Waals surface area contributed by atoms with Gasteiger partial charge in [-0.3, -0.25) is 0 Å². The highest BCUT2D eigenvalue weighted by Gasteiger charge is 2.20. The van der Waals surface area contributed by atoms with Gasteiger partial charge in [-0.1, -0.05) is 32.0 Å². The molecule has 0 spiro atoms. The minimum absolute atomic E-state index is 0.496. The fourth-order valence-electron chi connectivity index (χ4n) is 2.08. The van der Waals surface area contributed by atoms with Gasteiger partial charge in [-0.25, -0.2) is 0 Å². The maximum atomic E-state index is 5.98. The second-order valence-corrected chi connectivity index (χ2v) is 4.64. The Morgan fingerprint density at radius 3 is 2.71 bits per heavy atom. The Labute approximate surface area is 103 Å². The van der Waals surface area contributed by atoms with E-state index in [-0.39, 0.29) is 0 Å². The number of anilines is 1. The molecular formula is C16H18N+. The molecule has 2 rings (SSSR count). The van der Waals surface area contributed by atoms with E-state index < -0.39 is 0 Å². The van der Waals surface area contributed by atoms with E-state index in [1.54, 1.807) is 0 Å². The summed E-state index contributed by atoms with van der Waals surface area (Å²) in [6.07, 6.45) is 10.4. The molecule has 0 radical (unpaired) electrons. The molecule has 0 bridgehead atoms. The summed E-state index contributed by atoms with van der Waals surface area (Å²) >= 11 is 0. The smallest absolute Gasteiger partial charge is 0.121 e. The minimum atomic E-state index is 0.496. The van der Waals surface area contributed by atoms with E-state index in [0.717, 1.165) is 12.1 Å². The van der Waals surface area contributed by atoms with Crippen LogP contribution in [0.25, 0.3) is 0 Å². The lowest BCUT2D eigenvalue weighted by Gasteiger charge is -2.10. The van der Waals surface area contributed by atoms with E-state index in [0.29, 0.717) is 5.92 Å². The number of para-hydroxylation sites is 1. The fraction of sp³-hybridized carbons (Fsp3) is 0.250. The average molecular weight is 224 g/mol. The number of allylic oxidation sites excluding steroid dienone is 6. The molecule has 0 amide bonds. The van der Waals surface area contributed by atoms with Crippen LogP contribution < -0.4 is 5.73 Å². The first-order chi connectivity index (χ1) is 8.18. The maximum absolute atomic E-state index is 5.98. The largest absolute Gasteiger partial charge is 0.398 e. The quantitative estimate of drug-likeness (QED) is 0.615. The molecule has 1 aromatic carbocycles. The molecule has 0 saturated heterocycles. The third-order valence-corrected chi connectivity index (χ3v) is 2.99. The van der Waals surface area contributed by atoms with Crippen LogP contribution in [0.5, 0.6) is 0 Å². The summed E-state index contributed by atoms with van der Waals surface area (Å²) in [7, 11) is 0. The second kappa shape index (κ2) is 4.99. The lowest BCUT2D eigenvalue weighted by Crippen LogP contribution is -2.05. The number of hydrogen-bond donors (Lipinski definition) is 1. The van der Waals surface area contributed by atoms with E-state index in [1.807, 2.05) is 30.4 Å². The Kier molecular flexibility index (Phi) is 3.41. The molecule has 1 nitrogen and oxygen atoms in total. The van der Waals surface area contributed by atoms with Crippen molar-refractivity contribution >= 4 is 5.69 Å². The number of rotatable bonds is 3. The van der Waals surface area contributed by atoms with Gasteiger partial charge in [0, 0.05) is 30.2 Å². The maximum Gasteiger partial charge on any atom is 0.121 e. The van der Waals surface area contributed by atoms with Gasteiger partial charge in [-0.15, -0.1) is 0 Å². The molecular weight excluding hydrogens is 206 g/mol. The van der Waals surface area contributed by atoms with Crippen molar-refractivity contribution in [3.63, 3.8) is 0 Å². The minimum Gasteiger partial charge on any atom is -0.398 e. The van der Waals surface area contributed by atoms with Crippen LogP contribution in [0.4, 0.5) is 5.69 Å². The summed E-state index contributed by atoms with van der Waals surface area (Å²) in [4.78, 5) is 0. The molecule has 0 fully saturated rings. The van der Waals surface area contributed by atoms with Crippen molar-refractivity contribution in [2.24, 2.45) is 5.92 Å². The van der Waals surface area contributed by atoms with E-state index in [4.69, 9.17) is 5.73 Å². The van der Waals surface area contributed by atoms with Crippen LogP contribution in [0.1, 0.15) is 19.4 Å². The lowest BCUT2D eigenvalue weighted by molar-refractivity contribution is 0.765. The van der Waals surface area contributed by atoms with Crippen molar-refractivity contribution < 1.29 is 0 Å². The fourth-order valence-corrected chi connectivity index (χ4v) is 2.08. The predicted octanol–water partition coefficient (Wildman–Crippen LogP) is 3.69. The summed E-state index contributed by atoms with van der Waals surface area (Å²) in [6, 6.07) is 8.05. The number of hydrogen-bond acceptors (Lipinski definition) is 1. The van der Waals surface area contributed by atoms with Gasteiger partial charge in [-0.05, 0) is 11.6 Å². The first-order valence-corrected chi connectivity index (χ1v) is 6.01. The highest BCUT2D eigenvalue weighted by Crippen LogP contribution is 2.26. The predicted molar refractivity (Wildman–Crippen MR) is 73.4 cm³/mol. The molecule has 0 saturated carbocycles. The van der Waals surface area contributed by atoms with Gasteiger partial charge in [0.05, 0.1) is 11.6 Å². The molecule has 1 aliphatic carbocycles. The van der Waals surface area contributed by atoms with E-state index in [2.05, 4.69) is 32.1 Å². The molecule has 0 aromatic heterocycles. The van der Waals surface area contributed by atoms with Gasteiger partial charge in [0.2, 0.25) is 0 Å². The first-order valence-electron chi connectivity index (χ1n) is 6.01. The van der Waals surface area contributed by atoms with Gasteiger partial charge in [0.1, 0.15) is 11.6 Å². The standard InChI is InChI=1S/C16H18N/c1-12(2)15-9-5-3-7-13(15)11-14-8-4-6-10-16(14)17/h3-8,10,12H,11,17H2,1-2H3/q+1. The van der Waals surface area contributed by atoms with Crippen molar-refractivity contribution in [2.45, 2.75) is 20.3 Å². The van der Waals surface area contributed by atoms with Crippen molar-refractivity contribution in [1.82, 2.24) is 0 Å². The molecule has 0 heterocycles. The van der Waals surface area contributed by atoms with Gasteiger partial charge in [0.15, 0.2) is 0 Å². The molecule has 0 aliphatic heterocycles. The van der Waals surface area contributed by atoms with Crippen LogP contribution in [0.2, 0.25) is 0 Å². The third-order valence-electron chi connectivity index (χ3n) is 2.99. The van der Waals surface area contributed by atoms with Gasteiger partial charge < -0.3 is 5.73 Å².